The summed E-state index contributed by atoms with van der Waals surface area (Å²) >= 11 is 0. The number of aliphatic hydroxyl groups is 2. The molecule has 3 heteroatoms. The van der Waals surface area contributed by atoms with E-state index in [-0.39, 0.29) is 16.7 Å². The first-order chi connectivity index (χ1) is 10.6. The zero-order valence-corrected chi connectivity index (χ0v) is 14.6. The van der Waals surface area contributed by atoms with Gasteiger partial charge in [0.15, 0.2) is 0 Å². The number of aliphatic hydroxyl groups excluding tert-OH is 1. The fraction of sp³-hybridized carbons (Fsp3) is 0.650. The minimum absolute atomic E-state index is 0.0827. The zero-order valence-electron chi connectivity index (χ0n) is 14.6. The summed E-state index contributed by atoms with van der Waals surface area (Å²) in [6, 6.07) is 5.98. The maximum absolute atomic E-state index is 11.8. The molecule has 3 nitrogen and oxygen atoms in total. The number of carbonyl (C=O) groups excluding carboxylic acids is 1. The van der Waals surface area contributed by atoms with Crippen molar-refractivity contribution in [3.63, 3.8) is 0 Å². The first kappa shape index (κ1) is 16.7. The van der Waals surface area contributed by atoms with Gasteiger partial charge in [0.25, 0.3) is 0 Å². The van der Waals surface area contributed by atoms with E-state index < -0.39 is 11.7 Å². The summed E-state index contributed by atoms with van der Waals surface area (Å²) in [7, 11) is 0. The van der Waals surface area contributed by atoms with Crippen LogP contribution in [0.5, 0.6) is 0 Å². The molecule has 0 spiro atoms. The number of hydrogen-bond donors (Lipinski definition) is 2. The summed E-state index contributed by atoms with van der Waals surface area (Å²) in [5.74, 6) is 0.164. The molecule has 2 N–H and O–H groups in total. The number of hydrogen-bond acceptors (Lipinski definition) is 3. The van der Waals surface area contributed by atoms with Crippen LogP contribution in [0, 0.1) is 11.3 Å². The van der Waals surface area contributed by atoms with E-state index in [4.69, 9.17) is 0 Å². The maximum atomic E-state index is 11.8. The van der Waals surface area contributed by atoms with Gasteiger partial charge in [-0.15, -0.1) is 0 Å². The molecular weight excluding hydrogens is 288 g/mol. The summed E-state index contributed by atoms with van der Waals surface area (Å²) < 4.78 is 0. The van der Waals surface area contributed by atoms with Crippen LogP contribution in [-0.2, 0) is 15.8 Å². The second kappa shape index (κ2) is 5.15. The van der Waals surface area contributed by atoms with E-state index in [0.29, 0.717) is 6.42 Å². The van der Waals surface area contributed by atoms with Gasteiger partial charge in [-0.25, -0.2) is 0 Å². The highest BCUT2D eigenvalue weighted by Gasteiger charge is 2.53. The SMILES string of the molecule is CC(C)(O)c1ccc2c(c1)[C@@H](O)C[C@H]1[C@](C)(C=O)CCC[C@]21C. The van der Waals surface area contributed by atoms with E-state index in [1.165, 1.54) is 0 Å². The van der Waals surface area contributed by atoms with Crippen LogP contribution < -0.4 is 0 Å². The predicted molar refractivity (Wildman–Crippen MR) is 90.1 cm³/mol. The van der Waals surface area contributed by atoms with E-state index in [2.05, 4.69) is 13.0 Å². The number of rotatable bonds is 2. The van der Waals surface area contributed by atoms with Crippen molar-refractivity contribution in [1.29, 1.82) is 0 Å². The van der Waals surface area contributed by atoms with Crippen LogP contribution in [0.4, 0.5) is 0 Å². The molecular formula is C20H28O3. The Morgan fingerprint density at radius 2 is 1.96 bits per heavy atom. The van der Waals surface area contributed by atoms with Gasteiger partial charge in [0, 0.05) is 5.41 Å². The third-order valence-electron chi connectivity index (χ3n) is 6.44. The minimum Gasteiger partial charge on any atom is -0.388 e. The Hall–Kier alpha value is -1.19. The maximum Gasteiger partial charge on any atom is 0.126 e. The molecule has 1 aromatic rings. The second-order valence-corrected chi connectivity index (χ2v) is 8.56. The molecule has 0 heterocycles. The summed E-state index contributed by atoms with van der Waals surface area (Å²) in [5.41, 5.74) is 1.55. The highest BCUT2D eigenvalue weighted by molar-refractivity contribution is 5.61. The largest absolute Gasteiger partial charge is 0.388 e. The van der Waals surface area contributed by atoms with E-state index >= 15 is 0 Å². The van der Waals surface area contributed by atoms with E-state index in [1.54, 1.807) is 13.8 Å². The predicted octanol–water partition coefficient (Wildman–Crippen LogP) is 3.61. The molecule has 0 unspecified atom stereocenters. The fourth-order valence-corrected chi connectivity index (χ4v) is 4.99. The molecule has 1 fully saturated rings. The molecule has 2 aliphatic rings. The van der Waals surface area contributed by atoms with Gasteiger partial charge < -0.3 is 15.0 Å². The summed E-state index contributed by atoms with van der Waals surface area (Å²) in [6.07, 6.45) is 4.14. The van der Waals surface area contributed by atoms with Crippen molar-refractivity contribution in [2.24, 2.45) is 11.3 Å². The van der Waals surface area contributed by atoms with Crippen molar-refractivity contribution in [3.05, 3.63) is 34.9 Å². The van der Waals surface area contributed by atoms with Crippen LogP contribution in [0.1, 0.15) is 76.2 Å². The van der Waals surface area contributed by atoms with Gasteiger partial charge in [-0.3, -0.25) is 0 Å². The third-order valence-corrected chi connectivity index (χ3v) is 6.44. The number of carbonyl (C=O) groups is 1. The van der Waals surface area contributed by atoms with Gasteiger partial charge in [-0.05, 0) is 61.1 Å². The normalized spacial score (nSPS) is 37.0. The Morgan fingerprint density at radius 3 is 2.57 bits per heavy atom. The molecule has 23 heavy (non-hydrogen) atoms. The molecule has 0 aliphatic heterocycles. The molecule has 1 aromatic carbocycles. The van der Waals surface area contributed by atoms with Crippen molar-refractivity contribution in [1.82, 2.24) is 0 Å². The van der Waals surface area contributed by atoms with Gasteiger partial charge in [0.2, 0.25) is 0 Å². The molecule has 0 radical (unpaired) electrons. The first-order valence-corrected chi connectivity index (χ1v) is 8.63. The molecule has 0 bridgehead atoms. The molecule has 2 aliphatic carbocycles. The van der Waals surface area contributed by atoms with Crippen molar-refractivity contribution in [3.8, 4) is 0 Å². The highest BCUT2D eigenvalue weighted by atomic mass is 16.3. The van der Waals surface area contributed by atoms with E-state index in [0.717, 1.165) is 42.2 Å². The Bertz CT molecular complexity index is 630. The average Bonchev–Trinajstić information content (AvgIpc) is 2.49. The molecule has 1 saturated carbocycles. The lowest BCUT2D eigenvalue weighted by Gasteiger charge is -2.54. The first-order valence-electron chi connectivity index (χ1n) is 8.63. The summed E-state index contributed by atoms with van der Waals surface area (Å²) in [5, 5.41) is 21.0. The van der Waals surface area contributed by atoms with Crippen LogP contribution in [0.15, 0.2) is 18.2 Å². The fourth-order valence-electron chi connectivity index (χ4n) is 4.99. The Kier molecular flexibility index (Phi) is 3.73. The molecule has 0 saturated heterocycles. The Labute approximate surface area is 138 Å². The number of benzene rings is 1. The minimum atomic E-state index is -0.920. The lowest BCUT2D eigenvalue weighted by atomic mass is 9.49. The van der Waals surface area contributed by atoms with Gasteiger partial charge in [-0.2, -0.15) is 0 Å². The van der Waals surface area contributed by atoms with Crippen LogP contribution in [-0.4, -0.2) is 16.5 Å². The van der Waals surface area contributed by atoms with Gasteiger partial charge in [0.05, 0.1) is 11.7 Å². The van der Waals surface area contributed by atoms with Crippen LogP contribution in [0.3, 0.4) is 0 Å². The van der Waals surface area contributed by atoms with Gasteiger partial charge in [0.1, 0.15) is 6.29 Å². The van der Waals surface area contributed by atoms with Crippen LogP contribution >= 0.6 is 0 Å². The van der Waals surface area contributed by atoms with Crippen molar-refractivity contribution in [2.45, 2.75) is 70.5 Å². The quantitative estimate of drug-likeness (QED) is 0.819. The van der Waals surface area contributed by atoms with Crippen molar-refractivity contribution in [2.75, 3.05) is 0 Å². The topological polar surface area (TPSA) is 57.5 Å². The van der Waals surface area contributed by atoms with Crippen LogP contribution in [0.25, 0.3) is 0 Å². The number of aldehydes is 1. The molecule has 3 rings (SSSR count). The molecule has 126 valence electrons. The number of fused-ring (bicyclic) bond motifs is 3. The Morgan fingerprint density at radius 1 is 1.26 bits per heavy atom. The van der Waals surface area contributed by atoms with Crippen molar-refractivity contribution >= 4 is 6.29 Å². The molecule has 0 aromatic heterocycles. The van der Waals surface area contributed by atoms with Crippen LogP contribution in [0.2, 0.25) is 0 Å². The molecule has 4 atom stereocenters. The summed E-state index contributed by atoms with van der Waals surface area (Å²) in [4.78, 5) is 11.8. The van der Waals surface area contributed by atoms with Gasteiger partial charge in [-0.1, -0.05) is 38.5 Å². The average molecular weight is 316 g/mol. The van der Waals surface area contributed by atoms with Crippen molar-refractivity contribution < 1.29 is 15.0 Å². The third kappa shape index (κ3) is 2.45. The monoisotopic (exact) mass is 316 g/mol. The Balaban J connectivity index is 2.14. The van der Waals surface area contributed by atoms with E-state index in [9.17, 15) is 15.0 Å². The second-order valence-electron chi connectivity index (χ2n) is 8.56. The lowest BCUT2D eigenvalue weighted by Crippen LogP contribution is -2.50. The smallest absolute Gasteiger partial charge is 0.126 e. The lowest BCUT2D eigenvalue weighted by molar-refractivity contribution is -0.124. The molecule has 0 amide bonds. The highest BCUT2D eigenvalue weighted by Crippen LogP contribution is 2.58. The van der Waals surface area contributed by atoms with E-state index in [1.807, 2.05) is 19.1 Å². The standard InChI is InChI=1S/C20H28O3/c1-18(2,23)13-6-7-15-14(10-13)16(22)11-17-19(3,12-21)8-5-9-20(15,17)4/h6-7,10,12,16-17,22-23H,5,8-9,11H2,1-4H3/t16-,17-,19-,20+/m0/s1. The zero-order chi connectivity index (χ0) is 17.0. The van der Waals surface area contributed by atoms with Gasteiger partial charge >= 0.3 is 0 Å². The summed E-state index contributed by atoms with van der Waals surface area (Å²) in [6.45, 7) is 7.81.